The van der Waals surface area contributed by atoms with Crippen molar-refractivity contribution in [3.8, 4) is 28.7 Å². The van der Waals surface area contributed by atoms with Gasteiger partial charge in [0, 0.05) is 12.8 Å². The molecule has 0 saturated carbocycles. The number of rotatable bonds is 11. The first-order valence-corrected chi connectivity index (χ1v) is 9.37. The molecule has 2 aromatic rings. The minimum Gasteiger partial charge on any atom is -0.504 e. The number of hydrogen-bond donors (Lipinski definition) is 3. The summed E-state index contributed by atoms with van der Waals surface area (Å²) < 4.78 is 15.3. The predicted octanol–water partition coefficient (Wildman–Crippen LogP) is 3.01. The van der Waals surface area contributed by atoms with Gasteiger partial charge in [-0.05, 0) is 54.7 Å². The Morgan fingerprint density at radius 1 is 0.897 bits per heavy atom. The molecule has 2 rings (SSSR count). The predicted molar refractivity (Wildman–Crippen MR) is 108 cm³/mol. The molecule has 0 heterocycles. The van der Waals surface area contributed by atoms with E-state index in [-0.39, 0.29) is 41.6 Å². The Hall–Kier alpha value is -2.93. The lowest BCUT2D eigenvalue weighted by Crippen LogP contribution is -2.15. The lowest BCUT2D eigenvalue weighted by Gasteiger charge is -2.12. The molecular formula is C22H28O7. The molecule has 7 heteroatoms. The van der Waals surface area contributed by atoms with E-state index < -0.39 is 6.10 Å². The van der Waals surface area contributed by atoms with Gasteiger partial charge in [-0.2, -0.15) is 0 Å². The fourth-order valence-corrected chi connectivity index (χ4v) is 3.05. The number of ketones is 1. The van der Waals surface area contributed by atoms with Crippen LogP contribution < -0.4 is 14.2 Å². The molecule has 0 fully saturated rings. The van der Waals surface area contributed by atoms with Gasteiger partial charge in [-0.15, -0.1) is 0 Å². The lowest BCUT2D eigenvalue weighted by molar-refractivity contribution is -0.121. The summed E-state index contributed by atoms with van der Waals surface area (Å²) in [5.74, 6) is 0.896. The van der Waals surface area contributed by atoms with Crippen molar-refractivity contribution in [2.45, 2.75) is 38.2 Å². The van der Waals surface area contributed by atoms with Gasteiger partial charge in [0.25, 0.3) is 0 Å². The molecule has 0 aliphatic rings. The van der Waals surface area contributed by atoms with Crippen LogP contribution >= 0.6 is 0 Å². The Labute approximate surface area is 170 Å². The fraction of sp³-hybridized carbons (Fsp3) is 0.409. The molecule has 7 nitrogen and oxygen atoms in total. The van der Waals surface area contributed by atoms with E-state index in [0.29, 0.717) is 25.0 Å². The second-order valence-corrected chi connectivity index (χ2v) is 6.79. The highest BCUT2D eigenvalue weighted by atomic mass is 16.5. The summed E-state index contributed by atoms with van der Waals surface area (Å²) in [5.41, 5.74) is 1.71. The number of Topliss-reactive ketones (excluding diaryl/α,β-unsaturated/α-hetero) is 1. The van der Waals surface area contributed by atoms with Crippen molar-refractivity contribution in [2.24, 2.45) is 0 Å². The number of aliphatic hydroxyl groups is 1. The Balaban J connectivity index is 1.84. The molecule has 0 bridgehead atoms. The van der Waals surface area contributed by atoms with Crippen LogP contribution in [-0.2, 0) is 17.6 Å². The Kier molecular flexibility index (Phi) is 8.15. The molecule has 0 aliphatic carbocycles. The molecule has 0 aromatic heterocycles. The first-order valence-electron chi connectivity index (χ1n) is 9.37. The highest BCUT2D eigenvalue weighted by Crippen LogP contribution is 2.37. The number of phenolic OH excluding ortho intramolecular Hbond substituents is 2. The minimum atomic E-state index is -0.744. The van der Waals surface area contributed by atoms with Gasteiger partial charge < -0.3 is 29.5 Å². The van der Waals surface area contributed by atoms with Crippen LogP contribution in [-0.4, -0.2) is 48.5 Å². The zero-order valence-corrected chi connectivity index (χ0v) is 17.0. The number of phenols is 2. The fourth-order valence-electron chi connectivity index (χ4n) is 3.05. The number of aliphatic hydroxyl groups excluding tert-OH is 1. The van der Waals surface area contributed by atoms with Crippen LogP contribution in [0.5, 0.6) is 28.7 Å². The summed E-state index contributed by atoms with van der Waals surface area (Å²) in [7, 11) is 4.37. The summed E-state index contributed by atoms with van der Waals surface area (Å²) in [6.45, 7) is 0. The minimum absolute atomic E-state index is 0.0493. The second kappa shape index (κ2) is 10.6. The van der Waals surface area contributed by atoms with Crippen LogP contribution in [0.4, 0.5) is 0 Å². The maximum atomic E-state index is 12.2. The van der Waals surface area contributed by atoms with E-state index in [1.807, 2.05) is 0 Å². The molecule has 0 aliphatic heterocycles. The summed E-state index contributed by atoms with van der Waals surface area (Å²) in [5, 5.41) is 29.7. The molecule has 0 unspecified atom stereocenters. The number of methoxy groups -OCH3 is 3. The number of benzene rings is 2. The van der Waals surface area contributed by atoms with Crippen molar-refractivity contribution in [3.05, 3.63) is 41.5 Å². The number of carbonyl (C=O) groups excluding carboxylic acids is 1. The van der Waals surface area contributed by atoms with Crippen LogP contribution in [0, 0.1) is 0 Å². The summed E-state index contributed by atoms with van der Waals surface area (Å²) in [4.78, 5) is 12.2. The number of aromatic hydroxyl groups is 2. The first kappa shape index (κ1) is 22.4. The molecule has 1 atom stereocenters. The third-order valence-corrected chi connectivity index (χ3v) is 4.71. The molecule has 0 spiro atoms. The van der Waals surface area contributed by atoms with Gasteiger partial charge in [0.2, 0.25) is 5.75 Å². The molecule has 158 valence electrons. The van der Waals surface area contributed by atoms with Crippen molar-refractivity contribution < 1.29 is 34.3 Å². The van der Waals surface area contributed by atoms with Crippen LogP contribution in [0.15, 0.2) is 30.3 Å². The normalized spacial score (nSPS) is 11.7. The summed E-state index contributed by atoms with van der Waals surface area (Å²) >= 11 is 0. The van der Waals surface area contributed by atoms with Crippen LogP contribution in [0.1, 0.15) is 30.4 Å². The third-order valence-electron chi connectivity index (χ3n) is 4.71. The highest BCUT2D eigenvalue weighted by molar-refractivity contribution is 5.79. The smallest absolute Gasteiger partial charge is 0.200 e. The van der Waals surface area contributed by atoms with Crippen molar-refractivity contribution in [1.29, 1.82) is 0 Å². The van der Waals surface area contributed by atoms with Crippen molar-refractivity contribution in [2.75, 3.05) is 21.3 Å². The quantitative estimate of drug-likeness (QED) is 0.529. The molecule has 2 aromatic carbocycles. The maximum absolute atomic E-state index is 12.2. The number of carbonyl (C=O) groups is 1. The van der Waals surface area contributed by atoms with Gasteiger partial charge in [0.15, 0.2) is 23.0 Å². The van der Waals surface area contributed by atoms with Gasteiger partial charge in [-0.25, -0.2) is 0 Å². The van der Waals surface area contributed by atoms with Crippen molar-refractivity contribution in [1.82, 2.24) is 0 Å². The molecule has 3 N–H and O–H groups in total. The topological polar surface area (TPSA) is 105 Å². The standard InChI is InChI=1S/C22H28O7/c1-27-19-10-14(6-9-18(19)25)4-7-16(23)13-17(24)8-5-15-11-20(28-2)22(26)21(12-15)29-3/h6,9-12,16,23,25-26H,4-5,7-8,13H2,1-3H3/t16-/m0/s1. The zero-order valence-electron chi connectivity index (χ0n) is 17.0. The van der Waals surface area contributed by atoms with E-state index in [2.05, 4.69) is 0 Å². The van der Waals surface area contributed by atoms with Crippen LogP contribution in [0.3, 0.4) is 0 Å². The first-order chi connectivity index (χ1) is 13.9. The van der Waals surface area contributed by atoms with Crippen molar-refractivity contribution >= 4 is 5.78 Å². The second-order valence-electron chi connectivity index (χ2n) is 6.79. The third kappa shape index (κ3) is 6.29. The van der Waals surface area contributed by atoms with Gasteiger partial charge in [0.1, 0.15) is 5.78 Å². The van der Waals surface area contributed by atoms with E-state index in [1.54, 1.807) is 30.3 Å². The average Bonchev–Trinajstić information content (AvgIpc) is 2.72. The van der Waals surface area contributed by atoms with Gasteiger partial charge in [-0.3, -0.25) is 4.79 Å². The number of ether oxygens (including phenoxy) is 3. The summed E-state index contributed by atoms with van der Waals surface area (Å²) in [6.07, 6.45) is 1.04. The van der Waals surface area contributed by atoms with E-state index in [0.717, 1.165) is 11.1 Å². The van der Waals surface area contributed by atoms with Crippen LogP contribution in [0.2, 0.25) is 0 Å². The van der Waals surface area contributed by atoms with Gasteiger partial charge in [-0.1, -0.05) is 6.07 Å². The average molecular weight is 404 g/mol. The molecule has 0 saturated heterocycles. The Morgan fingerprint density at radius 2 is 1.48 bits per heavy atom. The molecule has 0 amide bonds. The molecule has 29 heavy (non-hydrogen) atoms. The molecule has 0 radical (unpaired) electrons. The Morgan fingerprint density at radius 3 is 2.07 bits per heavy atom. The zero-order chi connectivity index (χ0) is 21.4. The van der Waals surface area contributed by atoms with E-state index in [9.17, 15) is 20.1 Å². The Bertz CT molecular complexity index is 807. The largest absolute Gasteiger partial charge is 0.504 e. The van der Waals surface area contributed by atoms with Crippen LogP contribution in [0.25, 0.3) is 0 Å². The number of hydrogen-bond acceptors (Lipinski definition) is 7. The monoisotopic (exact) mass is 404 g/mol. The lowest BCUT2D eigenvalue weighted by atomic mass is 9.99. The molecular weight excluding hydrogens is 376 g/mol. The van der Waals surface area contributed by atoms with Gasteiger partial charge in [0.05, 0.1) is 27.4 Å². The highest BCUT2D eigenvalue weighted by Gasteiger charge is 2.15. The van der Waals surface area contributed by atoms with E-state index in [1.165, 1.54) is 21.3 Å². The summed E-state index contributed by atoms with van der Waals surface area (Å²) in [6, 6.07) is 8.36. The van der Waals surface area contributed by atoms with E-state index >= 15 is 0 Å². The SMILES string of the molecule is COc1cc(CC[C@H](O)CC(=O)CCc2cc(OC)c(O)c(OC)c2)ccc1O. The van der Waals surface area contributed by atoms with E-state index in [4.69, 9.17) is 14.2 Å². The van der Waals surface area contributed by atoms with Crippen molar-refractivity contribution in [3.63, 3.8) is 0 Å². The van der Waals surface area contributed by atoms with Gasteiger partial charge >= 0.3 is 0 Å². The number of aryl methyl sites for hydroxylation is 2. The maximum Gasteiger partial charge on any atom is 0.200 e.